The second kappa shape index (κ2) is 2.52. The summed E-state index contributed by atoms with van der Waals surface area (Å²) >= 11 is -0.343. The van der Waals surface area contributed by atoms with Crippen LogP contribution in [0.2, 0.25) is 15.6 Å². The van der Waals surface area contributed by atoms with E-state index in [1.54, 1.807) is 0 Å². The Morgan fingerprint density at radius 3 is 2.45 bits per heavy atom. The van der Waals surface area contributed by atoms with Gasteiger partial charge in [-0.25, -0.2) is 0 Å². The Labute approximate surface area is 71.2 Å². The number of hydrogen-bond acceptors (Lipinski definition) is 1. The molecule has 2 fully saturated rings. The number of carbonyl (C=O) groups is 1. The number of carboxylic acids is 1. The van der Waals surface area contributed by atoms with Crippen LogP contribution in [0.15, 0.2) is 0 Å². The second-order valence-corrected chi connectivity index (χ2v) is 9.31. The molecule has 0 aromatic heterocycles. The predicted molar refractivity (Wildman–Crippen MR) is 44.1 cm³/mol. The molecule has 1 heterocycles. The molecule has 1 N–H and O–H groups in total. The van der Waals surface area contributed by atoms with Crippen molar-refractivity contribution in [3.63, 3.8) is 0 Å². The van der Waals surface area contributed by atoms with Gasteiger partial charge in [-0.1, -0.05) is 0 Å². The SMILES string of the molecule is O=C(O)C1(CC[As]2CC2)CC1. The van der Waals surface area contributed by atoms with Crippen molar-refractivity contribution in [2.24, 2.45) is 5.41 Å². The van der Waals surface area contributed by atoms with Crippen LogP contribution in [0.4, 0.5) is 0 Å². The van der Waals surface area contributed by atoms with E-state index >= 15 is 0 Å². The molecule has 62 valence electrons. The molecule has 11 heavy (non-hydrogen) atoms. The Morgan fingerprint density at radius 1 is 1.45 bits per heavy atom. The maximum absolute atomic E-state index is 10.7. The van der Waals surface area contributed by atoms with Gasteiger partial charge in [-0.2, -0.15) is 0 Å². The topological polar surface area (TPSA) is 37.3 Å². The van der Waals surface area contributed by atoms with Crippen molar-refractivity contribution < 1.29 is 9.90 Å². The number of rotatable bonds is 4. The van der Waals surface area contributed by atoms with Gasteiger partial charge in [0.1, 0.15) is 0 Å². The van der Waals surface area contributed by atoms with E-state index in [-0.39, 0.29) is 20.1 Å². The number of aliphatic carboxylic acids is 1. The Hall–Kier alpha value is 0.0284. The van der Waals surface area contributed by atoms with E-state index in [0.717, 1.165) is 19.3 Å². The summed E-state index contributed by atoms with van der Waals surface area (Å²) in [6, 6.07) is 0. The van der Waals surface area contributed by atoms with Crippen molar-refractivity contribution in [3.05, 3.63) is 0 Å². The van der Waals surface area contributed by atoms with Crippen LogP contribution in [-0.2, 0) is 4.79 Å². The molecule has 1 aliphatic carbocycles. The molecular weight excluding hydrogens is 203 g/mol. The first kappa shape index (κ1) is 7.67. The van der Waals surface area contributed by atoms with Crippen LogP contribution in [0.5, 0.6) is 0 Å². The fourth-order valence-electron chi connectivity index (χ4n) is 1.39. The first-order valence-electron chi connectivity index (χ1n) is 4.19. The fraction of sp³-hybridized carbons (Fsp3) is 0.875. The zero-order valence-electron chi connectivity index (χ0n) is 6.55. The van der Waals surface area contributed by atoms with E-state index in [9.17, 15) is 4.79 Å². The Morgan fingerprint density at radius 2 is 2.09 bits per heavy atom. The van der Waals surface area contributed by atoms with E-state index in [1.807, 2.05) is 0 Å². The summed E-state index contributed by atoms with van der Waals surface area (Å²) in [7, 11) is 0. The molecule has 1 aliphatic heterocycles. The summed E-state index contributed by atoms with van der Waals surface area (Å²) < 4.78 is 0. The molecule has 3 heteroatoms. The maximum atomic E-state index is 10.7. The zero-order valence-corrected chi connectivity index (χ0v) is 8.42. The van der Waals surface area contributed by atoms with Crippen LogP contribution in [-0.4, -0.2) is 25.7 Å². The summed E-state index contributed by atoms with van der Waals surface area (Å²) in [5.74, 6) is -0.534. The van der Waals surface area contributed by atoms with Crippen LogP contribution in [0, 0.1) is 5.41 Å². The summed E-state index contributed by atoms with van der Waals surface area (Å²) in [5, 5.41) is 13.1. The fourth-order valence-corrected chi connectivity index (χ4v) is 5.73. The third-order valence-corrected chi connectivity index (χ3v) is 6.81. The summed E-state index contributed by atoms with van der Waals surface area (Å²) in [6.45, 7) is 0. The van der Waals surface area contributed by atoms with Gasteiger partial charge in [0.2, 0.25) is 0 Å². The molecule has 2 aliphatic rings. The van der Waals surface area contributed by atoms with Crippen molar-refractivity contribution in [2.45, 2.75) is 34.9 Å². The van der Waals surface area contributed by atoms with Gasteiger partial charge in [0.25, 0.3) is 0 Å². The Balaban J connectivity index is 1.79. The van der Waals surface area contributed by atoms with Crippen LogP contribution < -0.4 is 0 Å². The number of carboxylic acid groups (broad SMARTS) is 1. The van der Waals surface area contributed by atoms with Gasteiger partial charge in [0.15, 0.2) is 0 Å². The van der Waals surface area contributed by atoms with Crippen molar-refractivity contribution in [3.8, 4) is 0 Å². The second-order valence-electron chi connectivity index (χ2n) is 3.68. The standard InChI is InChI=1S/C8H13AsO2/c10-7(11)8(1-2-8)3-4-9-5-6-9/h1-6H2,(H,10,11). The molecule has 1 saturated carbocycles. The quantitative estimate of drug-likeness (QED) is 0.727. The molecule has 0 radical (unpaired) electrons. The molecule has 1 saturated heterocycles. The normalized spacial score (nSPS) is 26.5. The molecule has 2 rings (SSSR count). The van der Waals surface area contributed by atoms with Crippen molar-refractivity contribution >= 4 is 20.6 Å². The molecule has 0 amide bonds. The summed E-state index contributed by atoms with van der Waals surface area (Å²) in [6.07, 6.45) is 2.90. The van der Waals surface area contributed by atoms with Crippen molar-refractivity contribution in [1.29, 1.82) is 0 Å². The van der Waals surface area contributed by atoms with Gasteiger partial charge in [-0.3, -0.25) is 0 Å². The summed E-state index contributed by atoms with van der Waals surface area (Å²) in [4.78, 5) is 10.7. The molecule has 0 unspecified atom stereocenters. The van der Waals surface area contributed by atoms with Gasteiger partial charge in [0, 0.05) is 0 Å². The predicted octanol–water partition coefficient (Wildman–Crippen LogP) is 1.75. The van der Waals surface area contributed by atoms with E-state index in [4.69, 9.17) is 5.11 Å². The van der Waals surface area contributed by atoms with Gasteiger partial charge in [0.05, 0.1) is 0 Å². The third-order valence-electron chi connectivity index (χ3n) is 2.75. The van der Waals surface area contributed by atoms with Gasteiger partial charge in [-0.15, -0.1) is 0 Å². The number of hydrogen-bond donors (Lipinski definition) is 1. The molecule has 2 nitrogen and oxygen atoms in total. The van der Waals surface area contributed by atoms with E-state index < -0.39 is 5.97 Å². The molecule has 0 spiro atoms. The van der Waals surface area contributed by atoms with Gasteiger partial charge >= 0.3 is 70.8 Å². The Kier molecular flexibility index (Phi) is 1.75. The third kappa shape index (κ3) is 1.61. The minimum absolute atomic E-state index is 0.225. The average Bonchev–Trinajstić information content (AvgIpc) is 2.82. The van der Waals surface area contributed by atoms with Crippen LogP contribution >= 0.6 is 0 Å². The molecule has 0 atom stereocenters. The Bertz CT molecular complexity index is 183. The molecule has 0 aromatic carbocycles. The average molecular weight is 216 g/mol. The van der Waals surface area contributed by atoms with Crippen molar-refractivity contribution in [1.82, 2.24) is 0 Å². The van der Waals surface area contributed by atoms with E-state index in [2.05, 4.69) is 0 Å². The molecule has 0 aromatic rings. The van der Waals surface area contributed by atoms with Crippen LogP contribution in [0.3, 0.4) is 0 Å². The molecule has 0 bridgehead atoms. The first-order chi connectivity index (χ1) is 5.23. The van der Waals surface area contributed by atoms with Gasteiger partial charge in [-0.05, 0) is 0 Å². The zero-order chi connectivity index (χ0) is 7.90. The van der Waals surface area contributed by atoms with E-state index in [1.165, 1.54) is 15.6 Å². The summed E-state index contributed by atoms with van der Waals surface area (Å²) in [5.41, 5.74) is -0.225. The monoisotopic (exact) mass is 216 g/mol. The molecular formula is C8H13AsO2. The van der Waals surface area contributed by atoms with E-state index in [0.29, 0.717) is 0 Å². The van der Waals surface area contributed by atoms with Crippen molar-refractivity contribution in [2.75, 3.05) is 0 Å². The minimum atomic E-state index is -0.534. The first-order valence-corrected chi connectivity index (χ1v) is 8.17. The van der Waals surface area contributed by atoms with Crippen LogP contribution in [0.1, 0.15) is 19.3 Å². The van der Waals surface area contributed by atoms with Crippen LogP contribution in [0.25, 0.3) is 0 Å². The van der Waals surface area contributed by atoms with Gasteiger partial charge < -0.3 is 0 Å².